The van der Waals surface area contributed by atoms with Crippen molar-refractivity contribution in [1.82, 2.24) is 0 Å². The van der Waals surface area contributed by atoms with E-state index in [1.165, 1.54) is 30.7 Å². The number of rotatable bonds is 8. The summed E-state index contributed by atoms with van der Waals surface area (Å²) >= 11 is 0. The maximum absolute atomic E-state index is 11.6. The first-order valence-electron chi connectivity index (χ1n) is 9.85. The average Bonchev–Trinajstić information content (AvgIpc) is 2.68. The molecule has 0 aromatic heterocycles. The predicted octanol–water partition coefficient (Wildman–Crippen LogP) is 3.99. The van der Waals surface area contributed by atoms with Crippen LogP contribution in [-0.2, 0) is 0 Å². The van der Waals surface area contributed by atoms with Crippen molar-refractivity contribution in [2.24, 2.45) is 0 Å². The molecule has 0 saturated heterocycles. The molecule has 4 nitrogen and oxygen atoms in total. The maximum atomic E-state index is 11.6. The van der Waals surface area contributed by atoms with E-state index in [1.54, 1.807) is 24.3 Å². The summed E-state index contributed by atoms with van der Waals surface area (Å²) in [6, 6.07) is 14.5. The quantitative estimate of drug-likeness (QED) is 0.521. The molecule has 0 fully saturated rings. The van der Waals surface area contributed by atoms with Gasteiger partial charge in [0.1, 0.15) is 11.5 Å². The molecular formula is C22H34BNO3. The third-order valence-electron chi connectivity index (χ3n) is 5.19. The van der Waals surface area contributed by atoms with Gasteiger partial charge in [-0.25, -0.2) is 0 Å². The number of nitrogens with zero attached hydrogens (tertiary/aromatic N) is 1. The largest absolute Gasteiger partial charge is 0.808 e. The zero-order valence-corrected chi connectivity index (χ0v) is 17.7. The van der Waals surface area contributed by atoms with Crippen molar-refractivity contribution in [3.63, 3.8) is 0 Å². The third-order valence-corrected chi connectivity index (χ3v) is 5.19. The molecule has 0 N–H and O–H groups in total. The Hall–Kier alpha value is -1.98. The first-order chi connectivity index (χ1) is 12.9. The SMILES string of the molecule is CC[N+](CC)(CC)CC.Cc1ccc(OB([O-])Oc2ccc(C)cc2)cc1. The van der Waals surface area contributed by atoms with Crippen LogP contribution in [0.3, 0.4) is 0 Å². The van der Waals surface area contributed by atoms with Crippen molar-refractivity contribution in [3.8, 4) is 11.5 Å². The van der Waals surface area contributed by atoms with Crippen LogP contribution in [0.25, 0.3) is 0 Å². The molecule has 0 aliphatic carbocycles. The number of hydrogen-bond acceptors (Lipinski definition) is 3. The van der Waals surface area contributed by atoms with Gasteiger partial charge in [-0.15, -0.1) is 0 Å². The van der Waals surface area contributed by atoms with E-state index in [9.17, 15) is 5.02 Å². The minimum atomic E-state index is -1.56. The van der Waals surface area contributed by atoms with E-state index in [-0.39, 0.29) is 0 Å². The highest BCUT2D eigenvalue weighted by atomic mass is 16.7. The molecule has 0 heterocycles. The molecule has 0 amide bonds. The summed E-state index contributed by atoms with van der Waals surface area (Å²) in [5, 5.41) is 11.6. The van der Waals surface area contributed by atoms with E-state index in [4.69, 9.17) is 9.31 Å². The molecule has 27 heavy (non-hydrogen) atoms. The zero-order valence-electron chi connectivity index (χ0n) is 17.7. The number of benzene rings is 2. The fourth-order valence-corrected chi connectivity index (χ4v) is 2.82. The van der Waals surface area contributed by atoms with E-state index >= 15 is 0 Å². The molecule has 0 spiro atoms. The Bertz CT molecular complexity index is 575. The Labute approximate surface area is 165 Å². The molecule has 2 aromatic rings. The van der Waals surface area contributed by atoms with Gasteiger partial charge in [0.2, 0.25) is 0 Å². The summed E-state index contributed by atoms with van der Waals surface area (Å²) in [6.07, 6.45) is 0. The summed E-state index contributed by atoms with van der Waals surface area (Å²) in [4.78, 5) is 0. The first-order valence-corrected chi connectivity index (χ1v) is 9.85. The van der Waals surface area contributed by atoms with E-state index in [0.717, 1.165) is 11.1 Å². The van der Waals surface area contributed by atoms with Crippen LogP contribution >= 0.6 is 0 Å². The van der Waals surface area contributed by atoms with Gasteiger partial charge in [-0.05, 0) is 65.8 Å². The summed E-state index contributed by atoms with van der Waals surface area (Å²) in [6.45, 7) is 18.2. The standard InChI is InChI=1S/C14H14BO3.C8H20N/c1-11-3-7-13(8-4-11)17-15(16)18-14-9-5-12(2)6-10-14;1-5-9(6-2,7-3)8-4/h3-10H,1-2H3;5-8H2,1-4H3/q-1;+1. The predicted molar refractivity (Wildman–Crippen MR) is 112 cm³/mol. The Morgan fingerprint density at radius 2 is 0.963 bits per heavy atom. The molecule has 0 atom stereocenters. The van der Waals surface area contributed by atoms with Crippen LogP contribution in [0.1, 0.15) is 38.8 Å². The second-order valence-electron chi connectivity index (χ2n) is 6.76. The first kappa shape index (κ1) is 23.1. The molecule has 2 rings (SSSR count). The molecule has 0 aliphatic rings. The Balaban J connectivity index is 0.000000345. The van der Waals surface area contributed by atoms with Gasteiger partial charge in [0.05, 0.1) is 26.2 Å². The van der Waals surface area contributed by atoms with Gasteiger partial charge in [-0.1, -0.05) is 35.4 Å². The molecule has 148 valence electrons. The monoisotopic (exact) mass is 371 g/mol. The Morgan fingerprint density at radius 3 is 1.19 bits per heavy atom. The van der Waals surface area contributed by atoms with Crippen LogP contribution in [0.4, 0.5) is 0 Å². The maximum Gasteiger partial charge on any atom is 0.492 e. The second-order valence-corrected chi connectivity index (χ2v) is 6.76. The smallest absolute Gasteiger partial charge is 0.492 e. The van der Waals surface area contributed by atoms with Crippen LogP contribution in [-0.4, -0.2) is 38.0 Å². The summed E-state index contributed by atoms with van der Waals surface area (Å²) in [5.74, 6) is 1.01. The fraction of sp³-hybridized carbons (Fsp3) is 0.455. The van der Waals surface area contributed by atoms with Crippen molar-refractivity contribution >= 4 is 7.32 Å². The van der Waals surface area contributed by atoms with Crippen molar-refractivity contribution in [2.45, 2.75) is 41.5 Å². The number of hydrogen-bond donors (Lipinski definition) is 0. The molecule has 5 heteroatoms. The van der Waals surface area contributed by atoms with Gasteiger partial charge in [0.25, 0.3) is 0 Å². The van der Waals surface area contributed by atoms with Crippen molar-refractivity contribution in [2.75, 3.05) is 26.2 Å². The van der Waals surface area contributed by atoms with Crippen molar-refractivity contribution in [3.05, 3.63) is 59.7 Å². The molecular weight excluding hydrogens is 337 g/mol. The van der Waals surface area contributed by atoms with Crippen LogP contribution in [0, 0.1) is 13.8 Å². The van der Waals surface area contributed by atoms with Crippen LogP contribution < -0.4 is 14.3 Å². The van der Waals surface area contributed by atoms with Gasteiger partial charge >= 0.3 is 7.32 Å². The van der Waals surface area contributed by atoms with Crippen molar-refractivity contribution < 1.29 is 18.8 Å². The normalized spacial score (nSPS) is 10.6. The summed E-state index contributed by atoms with van der Waals surface area (Å²) in [7, 11) is -1.56. The van der Waals surface area contributed by atoms with E-state index in [1.807, 2.05) is 38.1 Å². The number of aryl methyl sites for hydroxylation is 2. The summed E-state index contributed by atoms with van der Waals surface area (Å²) in [5.41, 5.74) is 2.23. The lowest BCUT2D eigenvalue weighted by Gasteiger charge is -2.34. The molecule has 0 saturated carbocycles. The Morgan fingerprint density at radius 1 is 0.667 bits per heavy atom. The molecule has 0 aliphatic heterocycles. The van der Waals surface area contributed by atoms with Crippen molar-refractivity contribution in [1.29, 1.82) is 0 Å². The van der Waals surface area contributed by atoms with Crippen LogP contribution in [0.15, 0.2) is 48.5 Å². The van der Waals surface area contributed by atoms with Gasteiger partial charge in [0.15, 0.2) is 0 Å². The fourth-order valence-electron chi connectivity index (χ4n) is 2.82. The second kappa shape index (κ2) is 11.7. The minimum Gasteiger partial charge on any atom is -0.808 e. The molecule has 0 unspecified atom stereocenters. The lowest BCUT2D eigenvalue weighted by atomic mass is 10.2. The molecule has 2 aromatic carbocycles. The van der Waals surface area contributed by atoms with Gasteiger partial charge in [0, 0.05) is 0 Å². The van der Waals surface area contributed by atoms with E-state index < -0.39 is 7.32 Å². The van der Waals surface area contributed by atoms with Crippen LogP contribution in [0.2, 0.25) is 0 Å². The highest BCUT2D eigenvalue weighted by Crippen LogP contribution is 2.14. The molecule has 0 radical (unpaired) electrons. The van der Waals surface area contributed by atoms with Crippen LogP contribution in [0.5, 0.6) is 11.5 Å². The topological polar surface area (TPSA) is 41.5 Å². The van der Waals surface area contributed by atoms with Gasteiger partial charge in [-0.3, -0.25) is 0 Å². The highest BCUT2D eigenvalue weighted by Gasteiger charge is 2.16. The highest BCUT2D eigenvalue weighted by molar-refractivity contribution is 6.34. The van der Waals surface area contributed by atoms with Gasteiger partial charge < -0.3 is 18.8 Å². The average molecular weight is 371 g/mol. The third kappa shape index (κ3) is 8.06. The zero-order chi connectivity index (χ0) is 20.3. The Kier molecular flexibility index (Phi) is 9.98. The van der Waals surface area contributed by atoms with E-state index in [0.29, 0.717) is 11.5 Å². The van der Waals surface area contributed by atoms with E-state index in [2.05, 4.69) is 27.7 Å². The number of quaternary nitrogens is 1. The minimum absolute atomic E-state index is 0.507. The lowest BCUT2D eigenvalue weighted by molar-refractivity contribution is -0.921. The lowest BCUT2D eigenvalue weighted by Crippen LogP contribution is -2.47. The molecule has 0 bridgehead atoms. The van der Waals surface area contributed by atoms with Gasteiger partial charge in [-0.2, -0.15) is 0 Å². The summed E-state index contributed by atoms with van der Waals surface area (Å²) < 4.78 is 11.5.